The minimum atomic E-state index is 0.202. The zero-order valence-corrected chi connectivity index (χ0v) is 9.71. The number of amides is 1. The molecule has 0 bridgehead atoms. The largest absolute Gasteiger partial charge is 0.337 e. The SMILES string of the molecule is CC(=O)N1CC(CC(C)C)NCC1C. The lowest BCUT2D eigenvalue weighted by Gasteiger charge is -2.38. The van der Waals surface area contributed by atoms with E-state index in [4.69, 9.17) is 0 Å². The zero-order chi connectivity index (χ0) is 10.7. The monoisotopic (exact) mass is 198 g/mol. The first-order valence-corrected chi connectivity index (χ1v) is 5.51. The number of hydrogen-bond acceptors (Lipinski definition) is 2. The average molecular weight is 198 g/mol. The molecule has 3 nitrogen and oxygen atoms in total. The van der Waals surface area contributed by atoms with E-state index >= 15 is 0 Å². The van der Waals surface area contributed by atoms with Gasteiger partial charge in [-0.15, -0.1) is 0 Å². The first-order chi connectivity index (χ1) is 6.50. The predicted octanol–water partition coefficient (Wildman–Crippen LogP) is 1.24. The highest BCUT2D eigenvalue weighted by Crippen LogP contribution is 2.12. The fourth-order valence-corrected chi connectivity index (χ4v) is 2.10. The molecule has 0 spiro atoms. The summed E-state index contributed by atoms with van der Waals surface area (Å²) in [7, 11) is 0. The van der Waals surface area contributed by atoms with E-state index in [1.54, 1.807) is 6.92 Å². The molecule has 0 radical (unpaired) electrons. The van der Waals surface area contributed by atoms with Crippen LogP contribution in [0.4, 0.5) is 0 Å². The molecule has 0 aliphatic carbocycles. The van der Waals surface area contributed by atoms with Crippen molar-refractivity contribution < 1.29 is 4.79 Å². The molecule has 1 heterocycles. The summed E-state index contributed by atoms with van der Waals surface area (Å²) >= 11 is 0. The molecule has 82 valence electrons. The third-order valence-corrected chi connectivity index (χ3v) is 2.81. The van der Waals surface area contributed by atoms with Crippen molar-refractivity contribution in [2.75, 3.05) is 13.1 Å². The van der Waals surface area contributed by atoms with Crippen LogP contribution >= 0.6 is 0 Å². The van der Waals surface area contributed by atoms with Crippen LogP contribution in [0.3, 0.4) is 0 Å². The van der Waals surface area contributed by atoms with Gasteiger partial charge in [0.1, 0.15) is 0 Å². The van der Waals surface area contributed by atoms with Gasteiger partial charge < -0.3 is 10.2 Å². The van der Waals surface area contributed by atoms with Gasteiger partial charge in [0.2, 0.25) is 5.91 Å². The average Bonchev–Trinajstić information content (AvgIpc) is 2.07. The van der Waals surface area contributed by atoms with Gasteiger partial charge in [0.25, 0.3) is 0 Å². The fourth-order valence-electron chi connectivity index (χ4n) is 2.10. The van der Waals surface area contributed by atoms with Gasteiger partial charge in [0.05, 0.1) is 0 Å². The number of nitrogens with zero attached hydrogens (tertiary/aromatic N) is 1. The van der Waals surface area contributed by atoms with Crippen LogP contribution in [0.25, 0.3) is 0 Å². The lowest BCUT2D eigenvalue weighted by Crippen LogP contribution is -2.57. The Morgan fingerprint density at radius 1 is 1.57 bits per heavy atom. The van der Waals surface area contributed by atoms with Gasteiger partial charge in [-0.2, -0.15) is 0 Å². The molecule has 2 unspecified atom stereocenters. The van der Waals surface area contributed by atoms with E-state index in [-0.39, 0.29) is 5.91 Å². The molecule has 1 fully saturated rings. The standard InChI is InChI=1S/C11H22N2O/c1-8(2)5-11-7-13(10(4)14)9(3)6-12-11/h8-9,11-12H,5-7H2,1-4H3. The van der Waals surface area contributed by atoms with Crippen molar-refractivity contribution in [3.05, 3.63) is 0 Å². The minimum Gasteiger partial charge on any atom is -0.337 e. The molecule has 2 atom stereocenters. The van der Waals surface area contributed by atoms with Gasteiger partial charge in [-0.1, -0.05) is 13.8 Å². The predicted molar refractivity (Wildman–Crippen MR) is 58.1 cm³/mol. The minimum absolute atomic E-state index is 0.202. The van der Waals surface area contributed by atoms with Crippen LogP contribution in [-0.2, 0) is 4.79 Å². The van der Waals surface area contributed by atoms with Gasteiger partial charge >= 0.3 is 0 Å². The van der Waals surface area contributed by atoms with Crippen LogP contribution in [0.15, 0.2) is 0 Å². The third-order valence-electron chi connectivity index (χ3n) is 2.81. The quantitative estimate of drug-likeness (QED) is 0.724. The Kier molecular flexibility index (Phi) is 3.93. The van der Waals surface area contributed by atoms with E-state index in [2.05, 4.69) is 26.1 Å². The molecular formula is C11H22N2O. The van der Waals surface area contributed by atoms with E-state index in [0.717, 1.165) is 19.5 Å². The van der Waals surface area contributed by atoms with Crippen molar-refractivity contribution in [1.82, 2.24) is 10.2 Å². The number of carbonyl (C=O) groups excluding carboxylic acids is 1. The van der Waals surface area contributed by atoms with Crippen LogP contribution in [0.5, 0.6) is 0 Å². The first-order valence-electron chi connectivity index (χ1n) is 5.51. The summed E-state index contributed by atoms with van der Waals surface area (Å²) in [5, 5.41) is 3.49. The number of hydrogen-bond donors (Lipinski definition) is 1. The topological polar surface area (TPSA) is 32.3 Å². The molecular weight excluding hydrogens is 176 g/mol. The molecule has 0 aromatic rings. The Hall–Kier alpha value is -0.570. The van der Waals surface area contributed by atoms with Crippen LogP contribution in [-0.4, -0.2) is 36.0 Å². The van der Waals surface area contributed by atoms with E-state index < -0.39 is 0 Å². The Labute approximate surface area is 86.9 Å². The highest BCUT2D eigenvalue weighted by atomic mass is 16.2. The second kappa shape index (κ2) is 4.78. The summed E-state index contributed by atoms with van der Waals surface area (Å²) in [5.74, 6) is 0.891. The molecule has 1 rings (SSSR count). The third kappa shape index (κ3) is 2.98. The summed E-state index contributed by atoms with van der Waals surface area (Å²) < 4.78 is 0. The molecule has 1 aliphatic rings. The van der Waals surface area contributed by atoms with Gasteiger partial charge in [-0.3, -0.25) is 4.79 Å². The Balaban J connectivity index is 2.49. The summed E-state index contributed by atoms with van der Waals surface area (Å²) in [6.07, 6.45) is 1.15. The van der Waals surface area contributed by atoms with Gasteiger partial charge in [-0.05, 0) is 19.3 Å². The first kappa shape index (κ1) is 11.5. The van der Waals surface area contributed by atoms with E-state index in [1.807, 2.05) is 4.90 Å². The highest BCUT2D eigenvalue weighted by molar-refractivity contribution is 5.73. The summed E-state index contributed by atoms with van der Waals surface area (Å²) in [5.41, 5.74) is 0. The Morgan fingerprint density at radius 3 is 2.71 bits per heavy atom. The van der Waals surface area contributed by atoms with Crippen molar-refractivity contribution in [2.45, 2.75) is 46.2 Å². The van der Waals surface area contributed by atoms with Crippen LogP contribution < -0.4 is 5.32 Å². The molecule has 1 amide bonds. The van der Waals surface area contributed by atoms with Gasteiger partial charge in [0.15, 0.2) is 0 Å². The number of rotatable bonds is 2. The van der Waals surface area contributed by atoms with Crippen molar-refractivity contribution in [2.24, 2.45) is 5.92 Å². The van der Waals surface area contributed by atoms with Crippen LogP contribution in [0.2, 0.25) is 0 Å². The number of piperazine rings is 1. The second-order valence-corrected chi connectivity index (χ2v) is 4.76. The maximum absolute atomic E-state index is 11.3. The molecule has 0 aromatic carbocycles. The fraction of sp³-hybridized carbons (Fsp3) is 0.909. The lowest BCUT2D eigenvalue weighted by atomic mass is 10.0. The van der Waals surface area contributed by atoms with Crippen LogP contribution in [0.1, 0.15) is 34.1 Å². The molecule has 0 aromatic heterocycles. The van der Waals surface area contributed by atoms with Crippen molar-refractivity contribution >= 4 is 5.91 Å². The number of carbonyl (C=O) groups is 1. The normalized spacial score (nSPS) is 28.2. The smallest absolute Gasteiger partial charge is 0.219 e. The molecule has 14 heavy (non-hydrogen) atoms. The molecule has 1 saturated heterocycles. The molecule has 1 N–H and O–H groups in total. The maximum atomic E-state index is 11.3. The Morgan fingerprint density at radius 2 is 2.21 bits per heavy atom. The van der Waals surface area contributed by atoms with Crippen molar-refractivity contribution in [3.63, 3.8) is 0 Å². The van der Waals surface area contributed by atoms with Crippen molar-refractivity contribution in [1.29, 1.82) is 0 Å². The maximum Gasteiger partial charge on any atom is 0.219 e. The summed E-state index contributed by atoms with van der Waals surface area (Å²) in [6.45, 7) is 10.00. The number of nitrogens with one attached hydrogen (secondary N) is 1. The molecule has 3 heteroatoms. The highest BCUT2D eigenvalue weighted by Gasteiger charge is 2.26. The van der Waals surface area contributed by atoms with E-state index in [0.29, 0.717) is 18.0 Å². The Bertz CT molecular complexity index is 203. The van der Waals surface area contributed by atoms with Gasteiger partial charge in [0, 0.05) is 32.1 Å². The van der Waals surface area contributed by atoms with E-state index in [1.165, 1.54) is 0 Å². The zero-order valence-electron chi connectivity index (χ0n) is 9.71. The summed E-state index contributed by atoms with van der Waals surface area (Å²) in [6, 6.07) is 0.825. The van der Waals surface area contributed by atoms with Gasteiger partial charge in [-0.25, -0.2) is 0 Å². The molecule has 1 aliphatic heterocycles. The summed E-state index contributed by atoms with van der Waals surface area (Å²) in [4.78, 5) is 13.3. The molecule has 0 saturated carbocycles. The van der Waals surface area contributed by atoms with Crippen LogP contribution in [0, 0.1) is 5.92 Å². The lowest BCUT2D eigenvalue weighted by molar-refractivity contribution is -0.132. The van der Waals surface area contributed by atoms with Crippen molar-refractivity contribution in [3.8, 4) is 0 Å². The van der Waals surface area contributed by atoms with E-state index in [9.17, 15) is 4.79 Å². The second-order valence-electron chi connectivity index (χ2n) is 4.76.